The number of fused-ring (bicyclic) bond motifs is 1. The van der Waals surface area contributed by atoms with Crippen LogP contribution in [0.2, 0.25) is 0 Å². The molecule has 0 bridgehead atoms. The van der Waals surface area contributed by atoms with Crippen LogP contribution in [0.25, 0.3) is 0 Å². The maximum Gasteiger partial charge on any atom is 0.122 e. The molecule has 0 fully saturated rings. The van der Waals surface area contributed by atoms with Gasteiger partial charge < -0.3 is 10.1 Å². The Hall–Kier alpha value is -0.670. The van der Waals surface area contributed by atoms with Gasteiger partial charge in [0.25, 0.3) is 0 Å². The van der Waals surface area contributed by atoms with Gasteiger partial charge in [-0.1, -0.05) is 12.1 Å². The van der Waals surface area contributed by atoms with Crippen LogP contribution >= 0.6 is 12.6 Å². The standard InChI is InChI=1S/C13H19NOS/c16-8-2-6-14-10-11-4-5-13-12(9-11)3-1-7-15-13/h4-5,9,14,16H,1-3,6-8,10H2. The third kappa shape index (κ3) is 3.16. The normalized spacial score (nSPS) is 14.3. The highest BCUT2D eigenvalue weighted by atomic mass is 32.1. The Morgan fingerprint density at radius 2 is 2.31 bits per heavy atom. The predicted octanol–water partition coefficient (Wildman–Crippen LogP) is 2.42. The molecule has 1 aliphatic rings. The lowest BCUT2D eigenvalue weighted by atomic mass is 10.0. The summed E-state index contributed by atoms with van der Waals surface area (Å²) in [7, 11) is 0. The average molecular weight is 237 g/mol. The summed E-state index contributed by atoms with van der Waals surface area (Å²) in [5.74, 6) is 2.02. The van der Waals surface area contributed by atoms with Crippen LogP contribution in [0, 0.1) is 0 Å². The fourth-order valence-electron chi connectivity index (χ4n) is 1.96. The Balaban J connectivity index is 1.90. The number of hydrogen-bond acceptors (Lipinski definition) is 3. The zero-order valence-electron chi connectivity index (χ0n) is 9.54. The van der Waals surface area contributed by atoms with Gasteiger partial charge in [0, 0.05) is 6.54 Å². The van der Waals surface area contributed by atoms with Gasteiger partial charge in [0.1, 0.15) is 5.75 Å². The fraction of sp³-hybridized carbons (Fsp3) is 0.538. The van der Waals surface area contributed by atoms with E-state index in [1.54, 1.807) is 0 Å². The highest BCUT2D eigenvalue weighted by molar-refractivity contribution is 7.80. The number of ether oxygens (including phenoxy) is 1. The second-order valence-electron chi connectivity index (χ2n) is 4.15. The van der Waals surface area contributed by atoms with Crippen molar-refractivity contribution in [2.45, 2.75) is 25.8 Å². The first-order chi connectivity index (χ1) is 7.90. The second kappa shape index (κ2) is 6.16. The van der Waals surface area contributed by atoms with Crippen LogP contribution in [0.4, 0.5) is 0 Å². The summed E-state index contributed by atoms with van der Waals surface area (Å²) in [6.45, 7) is 2.85. The molecule has 1 aromatic rings. The van der Waals surface area contributed by atoms with E-state index in [1.807, 2.05) is 0 Å². The summed E-state index contributed by atoms with van der Waals surface area (Å²) >= 11 is 4.19. The lowest BCUT2D eigenvalue weighted by molar-refractivity contribution is 0.288. The van der Waals surface area contributed by atoms with Crippen molar-refractivity contribution in [2.75, 3.05) is 18.9 Å². The van der Waals surface area contributed by atoms with E-state index in [0.29, 0.717) is 0 Å². The van der Waals surface area contributed by atoms with Gasteiger partial charge in [-0.3, -0.25) is 0 Å². The Bertz CT molecular complexity index is 341. The maximum absolute atomic E-state index is 5.59. The lowest BCUT2D eigenvalue weighted by Crippen LogP contribution is -2.16. The Morgan fingerprint density at radius 3 is 3.19 bits per heavy atom. The molecule has 1 aliphatic heterocycles. The van der Waals surface area contributed by atoms with E-state index in [0.717, 1.165) is 50.5 Å². The quantitative estimate of drug-likeness (QED) is 0.606. The second-order valence-corrected chi connectivity index (χ2v) is 4.60. The van der Waals surface area contributed by atoms with Crippen molar-refractivity contribution in [3.8, 4) is 5.75 Å². The van der Waals surface area contributed by atoms with Crippen molar-refractivity contribution in [3.63, 3.8) is 0 Å². The highest BCUT2D eigenvalue weighted by Gasteiger charge is 2.09. The van der Waals surface area contributed by atoms with E-state index in [2.05, 4.69) is 36.1 Å². The maximum atomic E-state index is 5.59. The minimum atomic E-state index is 0.868. The van der Waals surface area contributed by atoms with E-state index < -0.39 is 0 Å². The van der Waals surface area contributed by atoms with Gasteiger partial charge in [0.2, 0.25) is 0 Å². The van der Waals surface area contributed by atoms with Crippen molar-refractivity contribution in [1.82, 2.24) is 5.32 Å². The van der Waals surface area contributed by atoms with Crippen LogP contribution in [-0.2, 0) is 13.0 Å². The van der Waals surface area contributed by atoms with E-state index in [-0.39, 0.29) is 0 Å². The van der Waals surface area contributed by atoms with Crippen LogP contribution in [-0.4, -0.2) is 18.9 Å². The number of benzene rings is 1. The molecule has 0 spiro atoms. The molecule has 0 aromatic heterocycles. The molecule has 0 aliphatic carbocycles. The molecular formula is C13H19NOS. The van der Waals surface area contributed by atoms with Gasteiger partial charge >= 0.3 is 0 Å². The number of nitrogens with one attached hydrogen (secondary N) is 1. The highest BCUT2D eigenvalue weighted by Crippen LogP contribution is 2.25. The van der Waals surface area contributed by atoms with Crippen molar-refractivity contribution >= 4 is 12.6 Å². The van der Waals surface area contributed by atoms with Gasteiger partial charge in [0.05, 0.1) is 6.61 Å². The first kappa shape index (κ1) is 11.8. The topological polar surface area (TPSA) is 21.3 Å². The molecule has 2 rings (SSSR count). The molecule has 3 heteroatoms. The number of aryl methyl sites for hydroxylation is 1. The molecule has 0 unspecified atom stereocenters. The van der Waals surface area contributed by atoms with Crippen LogP contribution in [0.5, 0.6) is 5.75 Å². The largest absolute Gasteiger partial charge is 0.493 e. The minimum Gasteiger partial charge on any atom is -0.493 e. The number of rotatable bonds is 5. The molecule has 16 heavy (non-hydrogen) atoms. The van der Waals surface area contributed by atoms with Crippen LogP contribution in [0.3, 0.4) is 0 Å². The molecule has 88 valence electrons. The average Bonchev–Trinajstić information content (AvgIpc) is 2.34. The summed E-state index contributed by atoms with van der Waals surface area (Å²) < 4.78 is 5.59. The minimum absolute atomic E-state index is 0.868. The predicted molar refractivity (Wildman–Crippen MR) is 70.4 cm³/mol. The molecule has 1 heterocycles. The van der Waals surface area contributed by atoms with E-state index in [1.165, 1.54) is 11.1 Å². The number of thiol groups is 1. The van der Waals surface area contributed by atoms with Gasteiger partial charge in [-0.2, -0.15) is 12.6 Å². The summed E-state index contributed by atoms with van der Waals surface area (Å²) in [6, 6.07) is 6.52. The third-order valence-electron chi connectivity index (χ3n) is 2.81. The van der Waals surface area contributed by atoms with Crippen molar-refractivity contribution < 1.29 is 4.74 Å². The Labute approximate surface area is 103 Å². The van der Waals surface area contributed by atoms with Crippen molar-refractivity contribution in [2.24, 2.45) is 0 Å². The van der Waals surface area contributed by atoms with E-state index in [9.17, 15) is 0 Å². The lowest BCUT2D eigenvalue weighted by Gasteiger charge is -2.18. The molecule has 1 aromatic carbocycles. The molecule has 0 amide bonds. The van der Waals surface area contributed by atoms with Crippen LogP contribution in [0.15, 0.2) is 18.2 Å². The van der Waals surface area contributed by atoms with Gasteiger partial charge in [-0.25, -0.2) is 0 Å². The summed E-state index contributed by atoms with van der Waals surface area (Å²) in [6.07, 6.45) is 3.42. The monoisotopic (exact) mass is 237 g/mol. The molecule has 0 atom stereocenters. The smallest absolute Gasteiger partial charge is 0.122 e. The summed E-state index contributed by atoms with van der Waals surface area (Å²) in [4.78, 5) is 0. The molecule has 1 N–H and O–H groups in total. The van der Waals surface area contributed by atoms with Crippen molar-refractivity contribution in [1.29, 1.82) is 0 Å². The third-order valence-corrected chi connectivity index (χ3v) is 3.13. The first-order valence-electron chi connectivity index (χ1n) is 5.96. The zero-order chi connectivity index (χ0) is 11.2. The van der Waals surface area contributed by atoms with Crippen molar-refractivity contribution in [3.05, 3.63) is 29.3 Å². The molecule has 0 saturated heterocycles. The molecule has 2 nitrogen and oxygen atoms in total. The van der Waals surface area contributed by atoms with Crippen LogP contribution in [0.1, 0.15) is 24.0 Å². The Morgan fingerprint density at radius 1 is 1.38 bits per heavy atom. The Kier molecular flexibility index (Phi) is 4.55. The van der Waals surface area contributed by atoms with Gasteiger partial charge in [0.15, 0.2) is 0 Å². The SMILES string of the molecule is SCCCNCc1ccc2c(c1)CCCO2. The van der Waals surface area contributed by atoms with E-state index in [4.69, 9.17) is 4.74 Å². The molecule has 0 saturated carbocycles. The molecule has 0 radical (unpaired) electrons. The summed E-state index contributed by atoms with van der Waals surface area (Å²) in [5, 5.41) is 3.42. The van der Waals surface area contributed by atoms with E-state index >= 15 is 0 Å². The first-order valence-corrected chi connectivity index (χ1v) is 6.59. The fourth-order valence-corrected chi connectivity index (χ4v) is 2.12. The molecular weight excluding hydrogens is 218 g/mol. The van der Waals surface area contributed by atoms with Gasteiger partial charge in [-0.05, 0) is 48.8 Å². The van der Waals surface area contributed by atoms with Gasteiger partial charge in [-0.15, -0.1) is 0 Å². The van der Waals surface area contributed by atoms with Crippen LogP contribution < -0.4 is 10.1 Å². The summed E-state index contributed by atoms with van der Waals surface area (Å²) in [5.41, 5.74) is 2.71. The number of hydrogen-bond donors (Lipinski definition) is 2. The zero-order valence-corrected chi connectivity index (χ0v) is 10.4.